The van der Waals surface area contributed by atoms with Crippen LogP contribution >= 0.6 is 0 Å². The van der Waals surface area contributed by atoms with Crippen molar-refractivity contribution in [3.63, 3.8) is 0 Å². The first kappa shape index (κ1) is 37.7. The van der Waals surface area contributed by atoms with Gasteiger partial charge >= 0.3 is 51.9 Å². The first-order valence-corrected chi connectivity index (χ1v) is 1.46. The standard InChI is InChI=1S/Au.4HNO2.Na/c;4*2-1-3;/h;4*(H,2,3);/q+3;;;;;+1/p-4. The van der Waals surface area contributed by atoms with Crippen molar-refractivity contribution in [1.82, 2.24) is 0 Å². The molecule has 0 bridgehead atoms. The van der Waals surface area contributed by atoms with Gasteiger partial charge in [-0.3, -0.25) is 0 Å². The van der Waals surface area contributed by atoms with Gasteiger partial charge in [-0.25, -0.2) is 0 Å². The molecule has 14 heteroatoms. The summed E-state index contributed by atoms with van der Waals surface area (Å²) < 4.78 is 0. The minimum atomic E-state index is 0. The summed E-state index contributed by atoms with van der Waals surface area (Å²) >= 11 is 0. The minimum Gasteiger partial charge on any atom is -0.444 e. The smallest absolute Gasteiger partial charge is 0.444 e. The summed E-state index contributed by atoms with van der Waals surface area (Å²) in [4.78, 5) is 32.0. The summed E-state index contributed by atoms with van der Waals surface area (Å²) in [7, 11) is 0. The van der Waals surface area contributed by atoms with Crippen molar-refractivity contribution >= 4 is 0 Å². The molecule has 0 heterocycles. The molecule has 0 aliphatic carbocycles. The zero-order chi connectivity index (χ0) is 10.8. The quantitative estimate of drug-likeness (QED) is 0.250. The fraction of sp³-hybridized carbons (Fsp3) is 0. The second-order valence-electron chi connectivity index (χ2n) is 0.298. The molecule has 0 atom stereocenters. The fourth-order valence-electron chi connectivity index (χ4n) is 0. The van der Waals surface area contributed by atoms with Gasteiger partial charge in [0.25, 0.3) is 0 Å². The molecule has 0 N–H and O–H groups in total. The molecule has 0 aromatic heterocycles. The van der Waals surface area contributed by atoms with E-state index in [0.717, 1.165) is 21.4 Å². The minimum absolute atomic E-state index is 0. The number of rotatable bonds is 0. The molecule has 14 heavy (non-hydrogen) atoms. The van der Waals surface area contributed by atoms with Gasteiger partial charge in [0.05, 0.1) is 0 Å². The van der Waals surface area contributed by atoms with Crippen molar-refractivity contribution < 1.29 is 51.9 Å². The molecular formula is AuN4NaO8. The summed E-state index contributed by atoms with van der Waals surface area (Å²) in [6, 6.07) is 0. The van der Waals surface area contributed by atoms with Crippen LogP contribution in [0.5, 0.6) is 0 Å². The van der Waals surface area contributed by atoms with E-state index in [1.54, 1.807) is 0 Å². The molecule has 0 saturated carbocycles. The van der Waals surface area contributed by atoms with Gasteiger partial charge in [0.2, 0.25) is 0 Å². The van der Waals surface area contributed by atoms with Gasteiger partial charge < -0.3 is 40.5 Å². The third kappa shape index (κ3) is 2790. The largest absolute Gasteiger partial charge is 3.00 e. The van der Waals surface area contributed by atoms with Crippen LogP contribution in [-0.4, -0.2) is 0 Å². The molecule has 80 valence electrons. The van der Waals surface area contributed by atoms with Crippen molar-refractivity contribution in [3.8, 4) is 0 Å². The zero-order valence-electron chi connectivity index (χ0n) is 6.36. The van der Waals surface area contributed by atoms with Crippen molar-refractivity contribution in [1.29, 1.82) is 0 Å². The van der Waals surface area contributed by atoms with E-state index >= 15 is 0 Å². The maximum atomic E-state index is 8.00. The number of hydrogen-bond donors (Lipinski definition) is 0. The van der Waals surface area contributed by atoms with E-state index < -0.39 is 0 Å². The molecule has 0 aromatic rings. The molecule has 0 spiro atoms. The predicted octanol–water partition coefficient (Wildman–Crippen LogP) is -2.00. The molecule has 0 rings (SSSR count). The molecule has 0 saturated heterocycles. The van der Waals surface area contributed by atoms with E-state index in [-0.39, 0.29) is 51.9 Å². The van der Waals surface area contributed by atoms with Crippen LogP contribution in [0, 0.1) is 40.5 Å². The molecular weight excluding hydrogens is 404 g/mol. The second-order valence-corrected chi connectivity index (χ2v) is 0.298. The zero-order valence-corrected chi connectivity index (χ0v) is 10.5. The monoisotopic (exact) mass is 404 g/mol. The van der Waals surface area contributed by atoms with Crippen LogP contribution < -0.4 is 29.6 Å². The number of hydrogen-bond acceptors (Lipinski definition) is 12. The molecule has 0 aliphatic rings. The summed E-state index contributed by atoms with van der Waals surface area (Å²) in [6.07, 6.45) is 0. The Morgan fingerprint density at radius 2 is 0.571 bits per heavy atom. The van der Waals surface area contributed by atoms with E-state index in [9.17, 15) is 0 Å². The molecule has 0 unspecified atom stereocenters. The first-order chi connectivity index (χ1) is 5.66. The Morgan fingerprint density at radius 3 is 0.571 bits per heavy atom. The average molecular weight is 404 g/mol. The van der Waals surface area contributed by atoms with Crippen molar-refractivity contribution in [2.45, 2.75) is 0 Å². The Balaban J connectivity index is -0.0000000145. The van der Waals surface area contributed by atoms with E-state index in [0.29, 0.717) is 0 Å². The SMILES string of the molecule is O=N[O-].O=N[O-].O=N[O-].O=N[O-].[Au+3].[Na+]. The summed E-state index contributed by atoms with van der Waals surface area (Å²) in [5.74, 6) is 0. The third-order valence-corrected chi connectivity index (χ3v) is 0. The topological polar surface area (TPSA) is 210 Å². The predicted molar refractivity (Wildman–Crippen MR) is 36.6 cm³/mol. The second kappa shape index (κ2) is 142. The molecule has 0 radical (unpaired) electrons. The summed E-state index contributed by atoms with van der Waals surface area (Å²) in [5, 5.41) is 36.0. The van der Waals surface area contributed by atoms with Gasteiger partial charge in [-0.1, -0.05) is 0 Å². The maximum absolute atomic E-state index is 8.00. The molecule has 12 nitrogen and oxygen atoms in total. The molecule has 0 aliphatic heterocycles. The van der Waals surface area contributed by atoms with Crippen molar-refractivity contribution in [2.75, 3.05) is 0 Å². The van der Waals surface area contributed by atoms with Crippen LogP contribution in [0.25, 0.3) is 0 Å². The van der Waals surface area contributed by atoms with Crippen LogP contribution in [-0.2, 0) is 22.4 Å². The van der Waals surface area contributed by atoms with Gasteiger partial charge in [0, 0.05) is 0 Å². The number of nitrogens with zero attached hydrogens (tertiary/aromatic N) is 4. The van der Waals surface area contributed by atoms with Gasteiger partial charge in [0.1, 0.15) is 0 Å². The third-order valence-electron chi connectivity index (χ3n) is 0. The van der Waals surface area contributed by atoms with E-state index in [1.807, 2.05) is 0 Å². The molecule has 0 fully saturated rings. The van der Waals surface area contributed by atoms with Crippen molar-refractivity contribution in [3.05, 3.63) is 40.5 Å². The Kier molecular flexibility index (Phi) is 383. The Bertz CT molecular complexity index is 75.3. The Hall–Kier alpha value is -0.660. The molecule has 0 amide bonds. The summed E-state index contributed by atoms with van der Waals surface area (Å²) in [5.41, 5.74) is 0. The maximum Gasteiger partial charge on any atom is 3.00 e. The summed E-state index contributed by atoms with van der Waals surface area (Å²) in [6.45, 7) is 0. The van der Waals surface area contributed by atoms with E-state index in [1.165, 1.54) is 0 Å². The van der Waals surface area contributed by atoms with Crippen molar-refractivity contribution in [2.24, 2.45) is 21.4 Å². The Labute approximate surface area is 113 Å². The first-order valence-electron chi connectivity index (χ1n) is 1.46. The van der Waals surface area contributed by atoms with E-state index in [4.69, 9.17) is 40.5 Å². The Morgan fingerprint density at radius 1 is 0.571 bits per heavy atom. The van der Waals surface area contributed by atoms with Gasteiger partial charge in [-0.05, 0) is 0 Å². The van der Waals surface area contributed by atoms with Gasteiger partial charge in [0.15, 0.2) is 0 Å². The van der Waals surface area contributed by atoms with Crippen LogP contribution in [0.15, 0.2) is 21.4 Å². The van der Waals surface area contributed by atoms with Gasteiger partial charge in [-0.15, -0.1) is 21.4 Å². The van der Waals surface area contributed by atoms with Crippen LogP contribution in [0.3, 0.4) is 0 Å². The van der Waals surface area contributed by atoms with Gasteiger partial charge in [-0.2, -0.15) is 0 Å². The van der Waals surface area contributed by atoms with E-state index in [2.05, 4.69) is 0 Å². The fourth-order valence-corrected chi connectivity index (χ4v) is 0. The van der Waals surface area contributed by atoms with Crippen LogP contribution in [0.1, 0.15) is 0 Å². The van der Waals surface area contributed by atoms with Crippen LogP contribution in [0.2, 0.25) is 0 Å². The normalized spacial score (nSPS) is 3.43. The van der Waals surface area contributed by atoms with Crippen LogP contribution in [0.4, 0.5) is 0 Å². The molecule has 0 aromatic carbocycles. The average Bonchev–Trinajstić information content (AvgIpc) is 1.92.